The maximum absolute atomic E-state index is 13.7. The van der Waals surface area contributed by atoms with Gasteiger partial charge >= 0.3 is 6.03 Å². The van der Waals surface area contributed by atoms with Gasteiger partial charge in [-0.3, -0.25) is 0 Å². The van der Waals surface area contributed by atoms with Crippen LogP contribution in [0.15, 0.2) is 18.2 Å². The van der Waals surface area contributed by atoms with Gasteiger partial charge in [0, 0.05) is 19.6 Å². The van der Waals surface area contributed by atoms with E-state index in [1.165, 1.54) is 6.07 Å². The Hall–Kier alpha value is -1.78. The molecule has 0 saturated carbocycles. The number of nitrogens with one attached hydrogen (secondary N) is 1. The fourth-order valence-corrected chi connectivity index (χ4v) is 1.81. The van der Waals surface area contributed by atoms with E-state index >= 15 is 0 Å². The summed E-state index contributed by atoms with van der Waals surface area (Å²) in [7, 11) is 0. The number of rotatable bonds is 4. The third kappa shape index (κ3) is 3.59. The minimum Gasteiger partial charge on any atom is -0.488 e. The SMILES string of the molecule is CC(C)Oc1ccc(CNC(=O)N2CCC2)cc1F. The molecule has 5 heteroatoms. The van der Waals surface area contributed by atoms with Crippen molar-refractivity contribution in [3.8, 4) is 5.75 Å². The van der Waals surface area contributed by atoms with Gasteiger partial charge in [0.15, 0.2) is 11.6 Å². The van der Waals surface area contributed by atoms with Crippen molar-refractivity contribution in [3.63, 3.8) is 0 Å². The molecular formula is C14H19FN2O2. The lowest BCUT2D eigenvalue weighted by Gasteiger charge is -2.30. The van der Waals surface area contributed by atoms with Gasteiger partial charge in [0.25, 0.3) is 0 Å². The predicted molar refractivity (Wildman–Crippen MR) is 70.6 cm³/mol. The molecule has 0 spiro atoms. The Kier molecular flexibility index (Phi) is 4.24. The van der Waals surface area contributed by atoms with Gasteiger partial charge < -0.3 is 15.0 Å². The van der Waals surface area contributed by atoms with Crippen LogP contribution in [-0.2, 0) is 6.54 Å². The first kappa shape index (κ1) is 13.6. The molecule has 0 radical (unpaired) electrons. The largest absolute Gasteiger partial charge is 0.488 e. The van der Waals surface area contributed by atoms with Crippen LogP contribution in [0.5, 0.6) is 5.75 Å². The minimum absolute atomic E-state index is 0.0635. The highest BCUT2D eigenvalue weighted by molar-refractivity contribution is 5.74. The van der Waals surface area contributed by atoms with E-state index in [0.717, 1.165) is 25.1 Å². The summed E-state index contributed by atoms with van der Waals surface area (Å²) in [6.07, 6.45) is 0.995. The van der Waals surface area contributed by atoms with Gasteiger partial charge in [0.05, 0.1) is 6.10 Å². The predicted octanol–water partition coefficient (Wildman–Crippen LogP) is 2.53. The van der Waals surface area contributed by atoms with Crippen LogP contribution in [0.1, 0.15) is 25.8 Å². The molecule has 4 nitrogen and oxygen atoms in total. The fraction of sp³-hybridized carbons (Fsp3) is 0.500. The fourth-order valence-electron chi connectivity index (χ4n) is 1.81. The van der Waals surface area contributed by atoms with Gasteiger partial charge in [-0.1, -0.05) is 6.07 Å². The van der Waals surface area contributed by atoms with Crippen LogP contribution >= 0.6 is 0 Å². The van der Waals surface area contributed by atoms with Gasteiger partial charge in [0.2, 0.25) is 0 Å². The molecule has 0 atom stereocenters. The summed E-state index contributed by atoms with van der Waals surface area (Å²) in [6.45, 7) is 5.64. The van der Waals surface area contributed by atoms with Crippen LogP contribution in [0.4, 0.5) is 9.18 Å². The summed E-state index contributed by atoms with van der Waals surface area (Å²) < 4.78 is 19.0. The Morgan fingerprint density at radius 1 is 1.47 bits per heavy atom. The number of ether oxygens (including phenoxy) is 1. The first-order valence-corrected chi connectivity index (χ1v) is 6.54. The summed E-state index contributed by atoms with van der Waals surface area (Å²) in [4.78, 5) is 13.3. The van der Waals surface area contributed by atoms with Crippen LogP contribution in [0.2, 0.25) is 0 Å². The van der Waals surface area contributed by atoms with Crippen LogP contribution in [0.3, 0.4) is 0 Å². The molecule has 1 heterocycles. The number of likely N-dealkylation sites (tertiary alicyclic amines) is 1. The Morgan fingerprint density at radius 3 is 2.74 bits per heavy atom. The van der Waals surface area contributed by atoms with Crippen molar-refractivity contribution in [1.82, 2.24) is 10.2 Å². The molecule has 1 aromatic rings. The number of amides is 2. The van der Waals surface area contributed by atoms with Crippen molar-refractivity contribution in [2.24, 2.45) is 0 Å². The molecule has 0 bridgehead atoms. The summed E-state index contributed by atoms with van der Waals surface area (Å²) in [6, 6.07) is 4.67. The molecule has 1 saturated heterocycles. The van der Waals surface area contributed by atoms with E-state index in [9.17, 15) is 9.18 Å². The summed E-state index contributed by atoms with van der Waals surface area (Å²) in [5.74, 6) is -0.155. The number of halogens is 1. The highest BCUT2D eigenvalue weighted by Gasteiger charge is 2.19. The summed E-state index contributed by atoms with van der Waals surface area (Å²) in [5.41, 5.74) is 0.725. The van der Waals surface area contributed by atoms with Crippen molar-refractivity contribution >= 4 is 6.03 Å². The lowest BCUT2D eigenvalue weighted by Crippen LogP contribution is -2.47. The molecule has 1 aliphatic rings. The molecule has 19 heavy (non-hydrogen) atoms. The van der Waals surface area contributed by atoms with Crippen molar-refractivity contribution in [2.75, 3.05) is 13.1 Å². The Morgan fingerprint density at radius 2 is 2.21 bits per heavy atom. The Balaban J connectivity index is 1.90. The minimum atomic E-state index is -0.399. The number of urea groups is 1. The zero-order chi connectivity index (χ0) is 13.8. The van der Waals surface area contributed by atoms with E-state index in [-0.39, 0.29) is 17.9 Å². The van der Waals surface area contributed by atoms with Crippen LogP contribution in [0, 0.1) is 5.82 Å². The standard InChI is InChI=1S/C14H19FN2O2/c1-10(2)19-13-5-4-11(8-12(13)15)9-16-14(18)17-6-3-7-17/h4-5,8,10H,3,6-7,9H2,1-2H3,(H,16,18). The van der Waals surface area contributed by atoms with Gasteiger partial charge in [-0.15, -0.1) is 0 Å². The van der Waals surface area contributed by atoms with Crippen LogP contribution in [0.25, 0.3) is 0 Å². The topological polar surface area (TPSA) is 41.6 Å². The molecule has 1 aliphatic heterocycles. The highest BCUT2D eigenvalue weighted by Crippen LogP contribution is 2.19. The van der Waals surface area contributed by atoms with E-state index in [1.54, 1.807) is 17.0 Å². The molecule has 2 rings (SSSR count). The third-order valence-electron chi connectivity index (χ3n) is 2.95. The van der Waals surface area contributed by atoms with E-state index in [2.05, 4.69) is 5.32 Å². The second-order valence-electron chi connectivity index (χ2n) is 4.93. The number of carbonyl (C=O) groups excluding carboxylic acids is 1. The average molecular weight is 266 g/mol. The molecule has 0 aromatic heterocycles. The summed E-state index contributed by atoms with van der Waals surface area (Å²) in [5, 5.41) is 2.77. The zero-order valence-corrected chi connectivity index (χ0v) is 11.3. The molecular weight excluding hydrogens is 247 g/mol. The van der Waals surface area contributed by atoms with E-state index in [0.29, 0.717) is 6.54 Å². The maximum Gasteiger partial charge on any atom is 0.317 e. The van der Waals surface area contributed by atoms with E-state index in [1.807, 2.05) is 13.8 Å². The maximum atomic E-state index is 13.7. The first-order chi connectivity index (χ1) is 9.06. The monoisotopic (exact) mass is 266 g/mol. The van der Waals surface area contributed by atoms with Gasteiger partial charge in [-0.2, -0.15) is 0 Å². The molecule has 0 unspecified atom stereocenters. The normalized spacial score (nSPS) is 14.2. The zero-order valence-electron chi connectivity index (χ0n) is 11.3. The second-order valence-corrected chi connectivity index (χ2v) is 4.93. The third-order valence-corrected chi connectivity index (χ3v) is 2.95. The molecule has 1 aromatic carbocycles. The highest BCUT2D eigenvalue weighted by atomic mass is 19.1. The smallest absolute Gasteiger partial charge is 0.317 e. The van der Waals surface area contributed by atoms with E-state index in [4.69, 9.17) is 4.74 Å². The number of nitrogens with zero attached hydrogens (tertiary/aromatic N) is 1. The Labute approximate surface area is 112 Å². The molecule has 0 aliphatic carbocycles. The van der Waals surface area contributed by atoms with Crippen molar-refractivity contribution in [1.29, 1.82) is 0 Å². The van der Waals surface area contributed by atoms with Gasteiger partial charge in [-0.05, 0) is 38.0 Å². The van der Waals surface area contributed by atoms with Gasteiger partial charge in [-0.25, -0.2) is 9.18 Å². The number of hydrogen-bond acceptors (Lipinski definition) is 2. The molecule has 2 amide bonds. The summed E-state index contributed by atoms with van der Waals surface area (Å²) >= 11 is 0. The van der Waals surface area contributed by atoms with Crippen molar-refractivity contribution < 1.29 is 13.9 Å². The molecule has 1 N–H and O–H groups in total. The lowest BCUT2D eigenvalue weighted by molar-refractivity contribution is 0.167. The van der Waals surface area contributed by atoms with Crippen molar-refractivity contribution in [3.05, 3.63) is 29.6 Å². The number of benzene rings is 1. The molecule has 1 fully saturated rings. The number of hydrogen-bond donors (Lipinski definition) is 1. The average Bonchev–Trinajstić information content (AvgIpc) is 2.27. The first-order valence-electron chi connectivity index (χ1n) is 6.54. The van der Waals surface area contributed by atoms with E-state index < -0.39 is 5.82 Å². The number of carbonyl (C=O) groups is 1. The van der Waals surface area contributed by atoms with Crippen LogP contribution in [-0.4, -0.2) is 30.1 Å². The van der Waals surface area contributed by atoms with Crippen molar-refractivity contribution in [2.45, 2.75) is 32.9 Å². The second kappa shape index (κ2) is 5.91. The lowest BCUT2D eigenvalue weighted by atomic mass is 10.2. The van der Waals surface area contributed by atoms with Crippen LogP contribution < -0.4 is 10.1 Å². The molecule has 104 valence electrons. The van der Waals surface area contributed by atoms with Gasteiger partial charge in [0.1, 0.15) is 0 Å². The quantitative estimate of drug-likeness (QED) is 0.910. The Bertz CT molecular complexity index is 459.